The van der Waals surface area contributed by atoms with Crippen LogP contribution in [0.3, 0.4) is 0 Å². The lowest BCUT2D eigenvalue weighted by molar-refractivity contribution is -0.393. The summed E-state index contributed by atoms with van der Waals surface area (Å²) in [5, 5.41) is 58.6. The number of nitrogens with one attached hydrogen (secondary N) is 10. The molecule has 0 radical (unpaired) electrons. The molecule has 0 aliphatic heterocycles. The van der Waals surface area contributed by atoms with Crippen molar-refractivity contribution in [1.82, 2.24) is 47.9 Å². The number of unbranched alkanes of at least 4 members (excludes halogenated alkanes) is 2. The molecule has 2 aromatic rings. The molecule has 2 aromatic carbocycles. The van der Waals surface area contributed by atoms with Gasteiger partial charge in [0, 0.05) is 31.3 Å². The molecule has 0 unspecified atom stereocenters. The number of carbonyl (C=O) groups excluding carboxylic acids is 11. The van der Waals surface area contributed by atoms with Crippen LogP contribution in [0.1, 0.15) is 135 Å². The van der Waals surface area contributed by atoms with Gasteiger partial charge in [-0.2, -0.15) is 0 Å². The van der Waals surface area contributed by atoms with Gasteiger partial charge in [-0.25, -0.2) is 0 Å². The second kappa shape index (κ2) is 41.6. The summed E-state index contributed by atoms with van der Waals surface area (Å²) in [6.45, 7) is 8.96. The number of benzene rings is 2. The lowest BCUT2D eigenvalue weighted by atomic mass is 9.95. The number of nitrogens with zero attached hydrogens (tertiary/aromatic N) is 3. The highest BCUT2D eigenvalue weighted by Crippen LogP contribution is 2.29. The molecule has 0 aromatic heterocycles. The first-order valence-corrected chi connectivity index (χ1v) is 31.0. The number of amides is 11. The molecule has 0 heterocycles. The third kappa shape index (κ3) is 28.4. The van der Waals surface area contributed by atoms with Gasteiger partial charge in [-0.1, -0.05) is 66.5 Å². The van der Waals surface area contributed by atoms with E-state index in [4.69, 9.17) is 34.4 Å². The number of para-hydroxylation sites is 1. The Labute approximate surface area is 544 Å². The van der Waals surface area contributed by atoms with E-state index >= 15 is 0 Å². The van der Waals surface area contributed by atoms with Crippen LogP contribution in [0, 0.1) is 38.0 Å². The summed E-state index contributed by atoms with van der Waals surface area (Å²) in [5.41, 5.74) is 33.0. The largest absolute Gasteiger partial charge is 0.398 e. The van der Waals surface area contributed by atoms with E-state index in [2.05, 4.69) is 58.2 Å². The lowest BCUT2D eigenvalue weighted by Crippen LogP contribution is -2.61. The van der Waals surface area contributed by atoms with E-state index < -0.39 is 166 Å². The van der Waals surface area contributed by atoms with Gasteiger partial charge < -0.3 is 92.7 Å². The van der Waals surface area contributed by atoms with Crippen LogP contribution in [0.5, 0.6) is 0 Å². The summed E-state index contributed by atoms with van der Waals surface area (Å²) in [7, 11) is 0. The molecular weight excluding hydrogens is 1230 g/mol. The van der Waals surface area contributed by atoms with E-state index in [1.807, 2.05) is 0 Å². The van der Waals surface area contributed by atoms with Crippen molar-refractivity contribution < 1.29 is 67.7 Å². The summed E-state index contributed by atoms with van der Waals surface area (Å²) >= 11 is 0. The zero-order valence-electron chi connectivity index (χ0n) is 54.0. The Bertz CT molecular complexity index is 2970. The van der Waals surface area contributed by atoms with E-state index in [-0.39, 0.29) is 113 Å². The van der Waals surface area contributed by atoms with Crippen molar-refractivity contribution in [1.29, 1.82) is 0 Å². The van der Waals surface area contributed by atoms with Gasteiger partial charge in [0.15, 0.2) is 5.96 Å². The average molecular weight is 1330 g/mol. The molecule has 0 bridgehead atoms. The summed E-state index contributed by atoms with van der Waals surface area (Å²) in [4.78, 5) is 175. The van der Waals surface area contributed by atoms with Crippen LogP contribution in [-0.4, -0.2) is 167 Å². The number of nitro groups is 2. The number of nitrogen functional groups attached to an aromatic ring is 1. The Morgan fingerprint density at radius 2 is 1.11 bits per heavy atom. The first-order chi connectivity index (χ1) is 44.4. The molecule has 35 nitrogen and oxygen atoms in total. The molecule has 10 atom stereocenters. The molecule has 35 heteroatoms. The van der Waals surface area contributed by atoms with Gasteiger partial charge in [0.05, 0.1) is 34.6 Å². The van der Waals surface area contributed by atoms with Crippen molar-refractivity contribution in [2.24, 2.45) is 51.4 Å². The van der Waals surface area contributed by atoms with Gasteiger partial charge in [0.25, 0.3) is 17.3 Å². The van der Waals surface area contributed by atoms with Gasteiger partial charge in [-0.3, -0.25) is 78.0 Å². The maximum Gasteiger partial charge on any atom is 0.299 e. The summed E-state index contributed by atoms with van der Waals surface area (Å²) < 4.78 is 0. The minimum absolute atomic E-state index is 0.00473. The number of rotatable bonds is 45. The van der Waals surface area contributed by atoms with Crippen LogP contribution in [0.25, 0.3) is 0 Å². The fourth-order valence-corrected chi connectivity index (χ4v) is 9.36. The van der Waals surface area contributed by atoms with E-state index in [0.717, 1.165) is 12.1 Å². The summed E-state index contributed by atoms with van der Waals surface area (Å²) in [6.07, 6.45) is 0.955. The lowest BCUT2D eigenvalue weighted by Gasteiger charge is -2.30. The molecule has 0 saturated carbocycles. The minimum Gasteiger partial charge on any atom is -0.398 e. The van der Waals surface area contributed by atoms with Crippen molar-refractivity contribution in [2.75, 3.05) is 43.8 Å². The van der Waals surface area contributed by atoms with Crippen molar-refractivity contribution in [3.63, 3.8) is 0 Å². The normalized spacial score (nSPS) is 14.2. The predicted octanol–water partition coefficient (Wildman–Crippen LogP) is -1.96. The van der Waals surface area contributed by atoms with E-state index in [0.29, 0.717) is 12.8 Å². The number of carbonyl (C=O) groups is 11. The zero-order valence-corrected chi connectivity index (χ0v) is 54.0. The van der Waals surface area contributed by atoms with Crippen LogP contribution in [0.15, 0.2) is 47.5 Å². The average Bonchev–Trinajstić information content (AvgIpc) is 0.921. The maximum absolute atomic E-state index is 14.4. The first-order valence-electron chi connectivity index (χ1n) is 31.0. The van der Waals surface area contributed by atoms with Crippen molar-refractivity contribution in [3.05, 3.63) is 68.3 Å². The zero-order chi connectivity index (χ0) is 70.8. The highest BCUT2D eigenvalue weighted by molar-refractivity contribution is 6.02. The van der Waals surface area contributed by atoms with Crippen molar-refractivity contribution in [2.45, 2.75) is 173 Å². The van der Waals surface area contributed by atoms with Gasteiger partial charge in [-0.05, 0) is 107 Å². The van der Waals surface area contributed by atoms with Crippen molar-refractivity contribution in [3.8, 4) is 0 Å². The first kappa shape index (κ1) is 80.3. The Balaban J connectivity index is 2.35. The molecule has 11 amide bonds. The second-order valence-corrected chi connectivity index (χ2v) is 23.0. The van der Waals surface area contributed by atoms with Crippen molar-refractivity contribution >= 4 is 93.7 Å². The standard InChI is InChI=1S/C59H95N19O16/c1-7-33(5)48(57(89)70-39(50(63)82)18-12-14-26-66-38-22-21-35(77(91)92)29-45(38)78(93)94)76-55(87)42(23-24-46(62)80)72-58(90)49(34(6)8-2)75-54(86)41(19-11-13-25-60)71-53(85)40(20-15-27-67-59(64)65)69-47(81)30-68-52(84)43(28-32(3)4)73-56(88)44(31-79)74-51(83)36-16-9-10-17-37(36)61/h9-10,16-17,21-22,29,32-34,39-44,48-49,66,79H,7-8,11-15,18-20,23-28,30-31,60-61H2,1-6H3,(H2,62,80)(H2,63,82)(H,68,84)(H,69,81)(H,70,89)(H,71,85)(H,72,90)(H,73,88)(H,74,83)(H,75,86)(H,76,87)(H4,64,65,67)/t33-,34-,39-,40-,41-,42-,43-,44-,48-,49-/m0/s1. The number of hydrogen-bond acceptors (Lipinski definition) is 20. The highest BCUT2D eigenvalue weighted by atomic mass is 16.6. The molecule has 23 N–H and O–H groups in total. The number of non-ortho nitro benzene ring substituents is 1. The summed E-state index contributed by atoms with van der Waals surface area (Å²) in [6, 6.07) is -2.01. The quantitative estimate of drug-likeness (QED) is 0.00855. The molecule has 2 rings (SSSR count). The number of aliphatic imine (C=N–C) groups is 1. The van der Waals surface area contributed by atoms with Crippen LogP contribution in [-0.2, 0) is 47.9 Å². The van der Waals surface area contributed by atoms with Gasteiger partial charge in [0.2, 0.25) is 59.1 Å². The smallest absolute Gasteiger partial charge is 0.299 e. The molecule has 0 spiro atoms. The number of aliphatic hydroxyl groups is 1. The third-order valence-electron chi connectivity index (χ3n) is 15.1. The SMILES string of the molecule is CC[C@H](C)[C@H](NC(=O)[C@H](CCC(N)=O)NC(=O)[C@@H](NC(=O)[C@H](CCCCN)NC(=O)[C@H](CCCN=C(N)N)NC(=O)CNC(=O)[C@H](CC(C)C)NC(=O)[C@H](CO)NC(=O)c1ccccc1N)[C@@H](C)CC)C(=O)N[C@@H](CCCCNc1ccc([N+](=O)[O-])cc1[N+](=O)[O-])C(N)=O. The molecule has 94 heavy (non-hydrogen) atoms. The van der Waals surface area contributed by atoms with E-state index in [9.17, 15) is 78.1 Å². The number of guanidine groups is 1. The monoisotopic (exact) mass is 1330 g/mol. The fourth-order valence-electron chi connectivity index (χ4n) is 9.36. The topological polar surface area (TPSA) is 583 Å². The van der Waals surface area contributed by atoms with Crippen LogP contribution in [0.2, 0.25) is 0 Å². The van der Waals surface area contributed by atoms with Crippen LogP contribution >= 0.6 is 0 Å². The molecular formula is C59H95N19O16. The minimum atomic E-state index is -1.56. The number of primary amides is 2. The Hall–Kier alpha value is -9.80. The maximum atomic E-state index is 14.4. The summed E-state index contributed by atoms with van der Waals surface area (Å²) in [5.74, 6) is -11.3. The van der Waals surface area contributed by atoms with Gasteiger partial charge >= 0.3 is 0 Å². The molecule has 0 saturated heterocycles. The molecule has 0 aliphatic carbocycles. The molecule has 522 valence electrons. The van der Waals surface area contributed by atoms with Crippen LogP contribution in [0.4, 0.5) is 22.7 Å². The number of anilines is 2. The molecule has 0 fully saturated rings. The van der Waals surface area contributed by atoms with Crippen LogP contribution < -0.4 is 87.6 Å². The Kier molecular flexibility index (Phi) is 35.6. The number of nitrogens with two attached hydrogens (primary N) is 6. The van der Waals surface area contributed by atoms with Gasteiger partial charge in [0.1, 0.15) is 54.0 Å². The van der Waals surface area contributed by atoms with E-state index in [1.165, 1.54) is 18.2 Å². The number of aliphatic hydroxyl groups excluding tert-OH is 1. The second-order valence-electron chi connectivity index (χ2n) is 23.0. The predicted molar refractivity (Wildman–Crippen MR) is 347 cm³/mol. The fraction of sp³-hybridized carbons (Fsp3) is 0.593. The van der Waals surface area contributed by atoms with Gasteiger partial charge in [-0.15, -0.1) is 0 Å². The highest BCUT2D eigenvalue weighted by Gasteiger charge is 2.37. The number of nitro benzene ring substituents is 2. The number of hydrogen-bond donors (Lipinski definition) is 17. The third-order valence-corrected chi connectivity index (χ3v) is 15.1. The Morgan fingerprint density at radius 1 is 0.585 bits per heavy atom. The van der Waals surface area contributed by atoms with E-state index in [1.54, 1.807) is 53.7 Å². The Morgan fingerprint density at radius 3 is 1.64 bits per heavy atom. The molecule has 0 aliphatic rings.